The van der Waals surface area contributed by atoms with Crippen LogP contribution in [0.1, 0.15) is 0 Å². The third kappa shape index (κ3) is 5.42. The fourth-order valence-corrected chi connectivity index (χ4v) is 8.80. The minimum absolute atomic E-state index is 0.548. The SMILES string of the molecule is c1ccc(-c2nc(-c3ccccc3)c3c4cc(-c5ccc6c(c5)c5ccccc5n6-c5ccccc5)ccc4n(-c4nc(-c5ccccc5)c5ccccc5n4)c3n2)cc1. The standard InChI is InChI=1S/C54H34N6/c1-5-17-35(18-6-1)50-42-26-13-15-27-45(42)55-54(57-50)60-48-32-30-39(38-29-31-47-43(33-38)41-25-14-16-28-46(41)59(47)40-23-11-4-12-24-40)34-44(48)49-51(36-19-7-2-8-20-36)56-52(58-53(49)60)37-21-9-3-10-22-37/h1-34H. The van der Waals surface area contributed by atoms with E-state index in [-0.39, 0.29) is 0 Å². The first-order valence-electron chi connectivity index (χ1n) is 20.2. The molecule has 0 atom stereocenters. The number of hydrogen-bond donors (Lipinski definition) is 0. The van der Waals surface area contributed by atoms with Crippen molar-refractivity contribution >= 4 is 54.6 Å². The van der Waals surface area contributed by atoms with E-state index >= 15 is 0 Å². The molecule has 6 nitrogen and oxygen atoms in total. The Morgan fingerprint density at radius 2 is 0.850 bits per heavy atom. The largest absolute Gasteiger partial charge is 0.309 e. The van der Waals surface area contributed by atoms with E-state index in [9.17, 15) is 0 Å². The van der Waals surface area contributed by atoms with E-state index in [0.717, 1.165) is 77.7 Å². The first-order valence-corrected chi connectivity index (χ1v) is 20.2. The number of nitrogens with zero attached hydrogens (tertiary/aromatic N) is 6. The van der Waals surface area contributed by atoms with Gasteiger partial charge in [-0.1, -0.05) is 158 Å². The molecule has 60 heavy (non-hydrogen) atoms. The highest BCUT2D eigenvalue weighted by Gasteiger charge is 2.24. The molecule has 0 aliphatic carbocycles. The predicted molar refractivity (Wildman–Crippen MR) is 246 cm³/mol. The number of benzene rings is 8. The summed E-state index contributed by atoms with van der Waals surface area (Å²) in [5.74, 6) is 1.18. The number of hydrogen-bond acceptors (Lipinski definition) is 4. The molecule has 0 radical (unpaired) electrons. The van der Waals surface area contributed by atoms with Crippen LogP contribution in [0.5, 0.6) is 0 Å². The van der Waals surface area contributed by atoms with Crippen molar-refractivity contribution in [3.63, 3.8) is 0 Å². The lowest BCUT2D eigenvalue weighted by atomic mass is 9.99. The van der Waals surface area contributed by atoms with Crippen LogP contribution >= 0.6 is 0 Å². The maximum Gasteiger partial charge on any atom is 0.237 e. The van der Waals surface area contributed by atoms with E-state index in [4.69, 9.17) is 19.9 Å². The molecular formula is C54H34N6. The summed E-state index contributed by atoms with van der Waals surface area (Å²) in [5.41, 5.74) is 12.9. The van der Waals surface area contributed by atoms with Crippen molar-refractivity contribution in [2.45, 2.75) is 0 Å². The molecular weight excluding hydrogens is 733 g/mol. The lowest BCUT2D eigenvalue weighted by Gasteiger charge is -2.12. The van der Waals surface area contributed by atoms with E-state index in [1.807, 2.05) is 42.5 Å². The minimum Gasteiger partial charge on any atom is -0.309 e. The Hall–Kier alpha value is -8.22. The summed E-state index contributed by atoms with van der Waals surface area (Å²) in [6.07, 6.45) is 0. The Balaban J connectivity index is 1.16. The Morgan fingerprint density at radius 3 is 1.55 bits per heavy atom. The third-order valence-electron chi connectivity index (χ3n) is 11.5. The molecule has 0 saturated carbocycles. The van der Waals surface area contributed by atoms with Gasteiger partial charge in [-0.2, -0.15) is 0 Å². The van der Waals surface area contributed by atoms with Gasteiger partial charge in [0.05, 0.1) is 38.8 Å². The summed E-state index contributed by atoms with van der Waals surface area (Å²) >= 11 is 0. The second kappa shape index (κ2) is 13.7. The number of para-hydroxylation sites is 3. The molecule has 0 spiro atoms. The third-order valence-corrected chi connectivity index (χ3v) is 11.5. The predicted octanol–water partition coefficient (Wildman–Crippen LogP) is 13.3. The highest BCUT2D eigenvalue weighted by molar-refractivity contribution is 6.16. The lowest BCUT2D eigenvalue weighted by molar-refractivity contribution is 0.994. The summed E-state index contributed by atoms with van der Waals surface area (Å²) in [6, 6.07) is 72.0. The molecule has 0 fully saturated rings. The zero-order chi connectivity index (χ0) is 39.6. The van der Waals surface area contributed by atoms with Crippen molar-refractivity contribution in [3.8, 4) is 56.7 Å². The van der Waals surface area contributed by atoms with Crippen LogP contribution in [0.4, 0.5) is 0 Å². The van der Waals surface area contributed by atoms with Gasteiger partial charge >= 0.3 is 0 Å². The molecule has 8 aromatic carbocycles. The molecule has 0 N–H and O–H groups in total. The van der Waals surface area contributed by atoms with Gasteiger partial charge < -0.3 is 4.57 Å². The monoisotopic (exact) mass is 766 g/mol. The quantitative estimate of drug-likeness (QED) is 0.169. The van der Waals surface area contributed by atoms with Crippen LogP contribution in [0.15, 0.2) is 206 Å². The van der Waals surface area contributed by atoms with E-state index in [1.54, 1.807) is 0 Å². The fourth-order valence-electron chi connectivity index (χ4n) is 8.80. The van der Waals surface area contributed by atoms with E-state index in [0.29, 0.717) is 11.8 Å². The molecule has 0 saturated heterocycles. The van der Waals surface area contributed by atoms with Gasteiger partial charge in [0.15, 0.2) is 11.5 Å². The molecule has 280 valence electrons. The lowest BCUT2D eigenvalue weighted by Crippen LogP contribution is -2.05. The maximum atomic E-state index is 5.41. The van der Waals surface area contributed by atoms with E-state index in [2.05, 4.69) is 173 Å². The highest BCUT2D eigenvalue weighted by atomic mass is 15.2. The van der Waals surface area contributed by atoms with Crippen molar-refractivity contribution in [3.05, 3.63) is 206 Å². The molecule has 4 heterocycles. The Morgan fingerprint density at radius 1 is 0.317 bits per heavy atom. The van der Waals surface area contributed by atoms with Crippen molar-refractivity contribution < 1.29 is 0 Å². The number of rotatable bonds is 6. The van der Waals surface area contributed by atoms with Gasteiger partial charge in [-0.25, -0.2) is 19.9 Å². The summed E-state index contributed by atoms with van der Waals surface area (Å²) in [6.45, 7) is 0. The van der Waals surface area contributed by atoms with Gasteiger partial charge in [-0.15, -0.1) is 0 Å². The Kier molecular flexibility index (Phi) is 7.74. The molecule has 6 heteroatoms. The molecule has 12 rings (SSSR count). The Labute approximate surface area is 345 Å². The van der Waals surface area contributed by atoms with Crippen LogP contribution in [-0.4, -0.2) is 29.1 Å². The van der Waals surface area contributed by atoms with Gasteiger partial charge in [0.2, 0.25) is 5.95 Å². The molecule has 0 amide bonds. The van der Waals surface area contributed by atoms with Gasteiger partial charge in [-0.05, 0) is 59.7 Å². The Bertz CT molecular complexity index is 3580. The first kappa shape index (κ1) is 33.9. The number of aromatic nitrogens is 6. The molecule has 0 aliphatic rings. The normalized spacial score (nSPS) is 11.7. The maximum absolute atomic E-state index is 5.41. The smallest absolute Gasteiger partial charge is 0.237 e. The zero-order valence-electron chi connectivity index (χ0n) is 32.3. The van der Waals surface area contributed by atoms with Crippen LogP contribution in [0.2, 0.25) is 0 Å². The summed E-state index contributed by atoms with van der Waals surface area (Å²) in [7, 11) is 0. The molecule has 12 aromatic rings. The molecule has 0 unspecified atom stereocenters. The minimum atomic E-state index is 0.548. The zero-order valence-corrected chi connectivity index (χ0v) is 32.3. The van der Waals surface area contributed by atoms with Crippen LogP contribution in [-0.2, 0) is 0 Å². The van der Waals surface area contributed by atoms with Crippen molar-refractivity contribution in [2.75, 3.05) is 0 Å². The van der Waals surface area contributed by atoms with Gasteiger partial charge in [0, 0.05) is 43.9 Å². The summed E-state index contributed by atoms with van der Waals surface area (Å²) in [5, 5.41) is 5.37. The van der Waals surface area contributed by atoms with E-state index in [1.165, 1.54) is 21.8 Å². The second-order valence-electron chi connectivity index (χ2n) is 15.1. The average Bonchev–Trinajstić information content (AvgIpc) is 3.84. The average molecular weight is 767 g/mol. The molecule has 0 aliphatic heterocycles. The molecule has 4 aromatic heterocycles. The van der Waals surface area contributed by atoms with Crippen molar-refractivity contribution in [1.29, 1.82) is 0 Å². The van der Waals surface area contributed by atoms with Crippen molar-refractivity contribution in [2.24, 2.45) is 0 Å². The second-order valence-corrected chi connectivity index (χ2v) is 15.1. The van der Waals surface area contributed by atoms with Crippen LogP contribution in [0, 0.1) is 0 Å². The molecule has 0 bridgehead atoms. The topological polar surface area (TPSA) is 61.4 Å². The fraction of sp³-hybridized carbons (Fsp3) is 0. The van der Waals surface area contributed by atoms with Crippen LogP contribution in [0.25, 0.3) is 111 Å². The van der Waals surface area contributed by atoms with Crippen LogP contribution < -0.4 is 0 Å². The summed E-state index contributed by atoms with van der Waals surface area (Å²) < 4.78 is 4.48. The van der Waals surface area contributed by atoms with Gasteiger partial charge in [0.1, 0.15) is 0 Å². The number of fused-ring (bicyclic) bond motifs is 7. The van der Waals surface area contributed by atoms with E-state index < -0.39 is 0 Å². The first-order chi connectivity index (χ1) is 29.8. The van der Waals surface area contributed by atoms with Crippen LogP contribution in [0.3, 0.4) is 0 Å². The highest BCUT2D eigenvalue weighted by Crippen LogP contribution is 2.41. The van der Waals surface area contributed by atoms with Gasteiger partial charge in [0.25, 0.3) is 0 Å². The van der Waals surface area contributed by atoms with Crippen molar-refractivity contribution in [1.82, 2.24) is 29.1 Å². The summed E-state index contributed by atoms with van der Waals surface area (Å²) in [4.78, 5) is 21.4. The van der Waals surface area contributed by atoms with Gasteiger partial charge in [-0.3, -0.25) is 4.57 Å².